The van der Waals surface area contributed by atoms with Crippen LogP contribution in [0.2, 0.25) is 0 Å². The number of halogens is 3. The van der Waals surface area contributed by atoms with Crippen molar-refractivity contribution < 1.29 is 103 Å². The Morgan fingerprint density at radius 2 is 0.862 bits per heavy atom. The number of benzene rings is 6. The molecule has 8 atom stereocenters. The minimum Gasteiger partial charge on any atom is -0.467 e. The predicted octanol–water partition coefficient (Wildman–Crippen LogP) is 14.0. The van der Waals surface area contributed by atoms with Crippen molar-refractivity contribution >= 4 is 83.7 Å². The van der Waals surface area contributed by atoms with E-state index >= 15 is 0 Å². The number of esters is 2. The third-order valence-electron chi connectivity index (χ3n) is 25.7. The number of pyridine rings is 3. The number of thiophene rings is 3. The molecule has 5 amide bonds. The first-order chi connectivity index (χ1) is 67.0. The highest BCUT2D eigenvalue weighted by atomic mass is 32.1. The number of likely N-dealkylation sites (tertiary alicyclic amines) is 1. The van der Waals surface area contributed by atoms with Crippen LogP contribution in [-0.4, -0.2) is 219 Å². The van der Waals surface area contributed by atoms with Gasteiger partial charge in [-0.05, 0) is 164 Å². The van der Waals surface area contributed by atoms with Gasteiger partial charge in [0, 0.05) is 101 Å². The molecule has 3 aliphatic carbocycles. The van der Waals surface area contributed by atoms with Crippen LogP contribution in [0.1, 0.15) is 110 Å². The van der Waals surface area contributed by atoms with Crippen LogP contribution < -0.4 is 45.3 Å². The van der Waals surface area contributed by atoms with Crippen LogP contribution >= 0.6 is 41.8 Å². The van der Waals surface area contributed by atoms with Crippen LogP contribution in [0.25, 0.3) is 64.7 Å². The predicted molar refractivity (Wildman–Crippen MR) is 501 cm³/mol. The molecule has 4 fully saturated rings. The first kappa shape index (κ1) is 91.7. The summed E-state index contributed by atoms with van der Waals surface area (Å²) in [5.41, 5.74) is 10.6. The number of ether oxygens (including phenoxy) is 8. The summed E-state index contributed by atoms with van der Waals surface area (Å²) in [6.45, 7) is 4.44. The molecule has 0 spiro atoms. The Kier molecular flexibility index (Phi) is 25.1. The molecule has 0 bridgehead atoms. The number of carbonyl (C=O) groups excluding carboxylic acids is 7. The molecular formula is C98H87F3N11O22PS3. The molecule has 10 aliphatic rings. The highest BCUT2D eigenvalue weighted by Crippen LogP contribution is 2.56. The summed E-state index contributed by atoms with van der Waals surface area (Å²) in [5, 5.41) is 11.8. The second-order valence-electron chi connectivity index (χ2n) is 33.3. The largest absolute Gasteiger partial charge is 0.530 e. The molecule has 22 rings (SSSR count). The Balaban J connectivity index is 0.000000128. The van der Waals surface area contributed by atoms with Gasteiger partial charge in [0.25, 0.3) is 17.7 Å². The number of phosphoric ester groups is 1. The van der Waals surface area contributed by atoms with Gasteiger partial charge in [-0.3, -0.25) is 76.7 Å². The number of hydrogen-bond acceptors (Lipinski definition) is 28. The first-order valence-electron chi connectivity index (χ1n) is 44.4. The molecule has 0 N–H and O–H groups in total. The molecule has 0 radical (unpaired) electrons. The van der Waals surface area contributed by atoms with Crippen LogP contribution in [0.5, 0.6) is 17.2 Å². The standard InChI is InChI=1S/C34H29FN4O7S.C32H29FN4O6S.C32H29FN3O9PS/c1-44-33(42)25-7-4-12-36(25)34(43)46-30-26(40)10-13-38-29(30)32(41)37-14-15-45-18-27(37)39(38)28-20-5-2-3-6-22(20)31-23(11-16-47-31)24-17-19(35)8-9-21(24)28;1-3-42-32(40)34(2)18-43-29-25(38)10-12-36-28(29)31(39)35-13-14-41-17-26(35)37(36)27-20-6-4-5-7-22(20)30-23(11-15-44-30)24-16-19(33)8-9-21(24)27;1-3-43-46(40,44-18-27(38)41-2)45-30-25(37)10-12-35-29(30)32(39)34-13-14-42-17-26(34)36(35)28-20-6-4-5-7-22(20)31-23(11-15-47-31)24-16-19(33)8-9-21(24)28/h2-3,5-6,8-11,13,16-17,25,27-28H,4,7,12,14-15,18H2,1H3;4-12,15-16,26-27H,3,13-14,17-18H2,1-2H3;4-12,15-16,26,28H,3,13-14,17-18H2,1-2H3/t25-,27+,28?;26-,27?;26-,28?,46?/m011/s1. The van der Waals surface area contributed by atoms with E-state index in [1.807, 2.05) is 116 Å². The molecule has 12 aromatic rings. The molecule has 4 saturated heterocycles. The van der Waals surface area contributed by atoms with Crippen molar-refractivity contribution in [3.05, 3.63) is 297 Å². The van der Waals surface area contributed by atoms with Crippen LogP contribution in [-0.2, 0) is 51.6 Å². The van der Waals surface area contributed by atoms with E-state index in [4.69, 9.17) is 46.7 Å². The molecule has 6 aromatic carbocycles. The SMILES string of the molecule is CCOC(=O)N(C)COc1c2n(ccc1=O)N(C1c3ccc(F)cc3-c3ccsc3-c3ccccc31)[C@@H]1COCCN1C2=O.CCOP(=O)(OCC(=O)OC)Oc1c2n(ccc1=O)N(C1c3ccc(F)cc3-c3ccsc3-c3ccccc31)[C@@H]1COCCN1C2=O.COC(=O)[C@@H]1CCCN1C(=O)Oc1c2n(ccc1=O)N(C1c3ccc(F)cc3-c3ccsc3-c3ccccc31)[C@@H]1COCCN1C2=O. The van der Waals surface area contributed by atoms with Crippen molar-refractivity contribution in [1.29, 1.82) is 0 Å². The second kappa shape index (κ2) is 37.8. The van der Waals surface area contributed by atoms with Crippen LogP contribution in [0, 0.1) is 17.5 Å². The lowest BCUT2D eigenvalue weighted by molar-refractivity contribution is -0.145. The normalized spacial score (nSPS) is 19.6. The van der Waals surface area contributed by atoms with Crippen molar-refractivity contribution in [2.75, 3.05) is 129 Å². The Morgan fingerprint density at radius 1 is 0.464 bits per heavy atom. The maximum absolute atomic E-state index is 14.9. The molecule has 710 valence electrons. The van der Waals surface area contributed by atoms with Gasteiger partial charge < -0.3 is 57.1 Å². The summed E-state index contributed by atoms with van der Waals surface area (Å²) >= 11 is 4.69. The number of phosphoric acid groups is 1. The van der Waals surface area contributed by atoms with E-state index in [2.05, 4.69) is 10.8 Å². The zero-order valence-electron chi connectivity index (χ0n) is 74.6. The van der Waals surface area contributed by atoms with Crippen LogP contribution in [0.3, 0.4) is 0 Å². The third kappa shape index (κ3) is 16.1. The number of hydrogen-bond donors (Lipinski definition) is 0. The minimum atomic E-state index is -4.62. The number of fused-ring (bicyclic) bond motifs is 21. The summed E-state index contributed by atoms with van der Waals surface area (Å²) in [5.74, 6) is -5.22. The van der Waals surface area contributed by atoms with E-state index in [0.29, 0.717) is 37.1 Å². The number of carbonyl (C=O) groups is 7. The lowest BCUT2D eigenvalue weighted by Crippen LogP contribution is -2.66. The van der Waals surface area contributed by atoms with Crippen molar-refractivity contribution in [2.24, 2.45) is 0 Å². The van der Waals surface area contributed by atoms with Gasteiger partial charge in [-0.1, -0.05) is 91.0 Å². The van der Waals surface area contributed by atoms with Gasteiger partial charge in [-0.15, -0.1) is 34.0 Å². The molecule has 40 heteroatoms. The molecule has 13 heterocycles. The Morgan fingerprint density at radius 3 is 1.28 bits per heavy atom. The Bertz CT molecular complexity index is 7170. The Hall–Kier alpha value is -14.0. The summed E-state index contributed by atoms with van der Waals surface area (Å²) in [6.07, 6.45) is 2.08. The van der Waals surface area contributed by atoms with E-state index < -0.39 is 127 Å². The van der Waals surface area contributed by atoms with Gasteiger partial charge in [0.05, 0.1) is 85.2 Å². The molecule has 4 unspecified atom stereocenters. The highest BCUT2D eigenvalue weighted by Gasteiger charge is 2.53. The molecule has 138 heavy (non-hydrogen) atoms. The average molecular weight is 1950 g/mol. The molecular weight excluding hydrogens is 1870 g/mol. The maximum Gasteiger partial charge on any atom is 0.530 e. The van der Waals surface area contributed by atoms with Gasteiger partial charge in [0.2, 0.25) is 27.8 Å². The van der Waals surface area contributed by atoms with Crippen molar-refractivity contribution in [1.82, 2.24) is 38.5 Å². The third-order valence-corrected chi connectivity index (χ3v) is 30.0. The van der Waals surface area contributed by atoms with Crippen LogP contribution in [0.4, 0.5) is 22.8 Å². The molecule has 33 nitrogen and oxygen atoms in total. The van der Waals surface area contributed by atoms with Gasteiger partial charge in [-0.2, -0.15) is 0 Å². The topological polar surface area (TPSA) is 330 Å². The molecule has 7 aliphatic heterocycles. The van der Waals surface area contributed by atoms with E-state index in [-0.39, 0.29) is 113 Å². The number of aromatic nitrogens is 3. The fourth-order valence-electron chi connectivity index (χ4n) is 19.8. The highest BCUT2D eigenvalue weighted by molar-refractivity contribution is 7.49. The fourth-order valence-corrected chi connectivity index (χ4v) is 23.8. The van der Waals surface area contributed by atoms with E-state index in [0.717, 1.165) is 94.1 Å². The van der Waals surface area contributed by atoms with E-state index in [1.165, 1.54) is 96.5 Å². The lowest BCUT2D eigenvalue weighted by atomic mass is 9.92. The van der Waals surface area contributed by atoms with E-state index in [1.54, 1.807) is 95.4 Å². The second-order valence-corrected chi connectivity index (χ2v) is 37.6. The number of morpholine rings is 3. The van der Waals surface area contributed by atoms with Gasteiger partial charge in [0.15, 0.2) is 36.2 Å². The minimum absolute atomic E-state index is 0.0352. The summed E-state index contributed by atoms with van der Waals surface area (Å²) in [6, 6.07) is 45.0. The zero-order valence-corrected chi connectivity index (χ0v) is 78.0. The monoisotopic (exact) mass is 1950 g/mol. The quantitative estimate of drug-likeness (QED) is 0.0375. The number of nitrogens with zero attached hydrogens (tertiary/aromatic N) is 11. The summed E-state index contributed by atoms with van der Waals surface area (Å²) < 4.78 is 123. The van der Waals surface area contributed by atoms with Gasteiger partial charge in [0.1, 0.15) is 42.0 Å². The van der Waals surface area contributed by atoms with Crippen LogP contribution in [0.15, 0.2) is 213 Å². The van der Waals surface area contributed by atoms with E-state index in [9.17, 15) is 65.7 Å². The number of amides is 5. The first-order valence-corrected chi connectivity index (χ1v) is 48.5. The van der Waals surface area contributed by atoms with Gasteiger partial charge in [-0.25, -0.2) is 36.9 Å². The Labute approximate surface area is 797 Å². The number of rotatable bonds is 16. The smallest absolute Gasteiger partial charge is 0.467 e. The summed E-state index contributed by atoms with van der Waals surface area (Å²) in [7, 11) is -0.765. The maximum atomic E-state index is 14.9. The fraction of sp³-hybridized carbons (Fsp3) is 0.286. The number of methoxy groups -OCH3 is 2. The average Bonchev–Trinajstić information content (AvgIpc) is 1.20. The molecule has 6 aromatic heterocycles. The summed E-state index contributed by atoms with van der Waals surface area (Å²) in [4.78, 5) is 143. The van der Waals surface area contributed by atoms with Crippen molar-refractivity contribution in [3.63, 3.8) is 0 Å². The van der Waals surface area contributed by atoms with Crippen molar-refractivity contribution in [3.8, 4) is 82.0 Å². The molecule has 0 saturated carbocycles. The van der Waals surface area contributed by atoms with Gasteiger partial charge >= 0.3 is 31.9 Å². The zero-order chi connectivity index (χ0) is 95.8. The lowest BCUT2D eigenvalue weighted by Gasteiger charge is -2.51. The van der Waals surface area contributed by atoms with Crippen molar-refractivity contribution in [2.45, 2.75) is 69.4 Å².